The summed E-state index contributed by atoms with van der Waals surface area (Å²) < 4.78 is 18.0. The molecule has 11 heteroatoms. The van der Waals surface area contributed by atoms with Crippen molar-refractivity contribution in [1.29, 1.82) is 0 Å². The highest BCUT2D eigenvalue weighted by molar-refractivity contribution is 7.98. The summed E-state index contributed by atoms with van der Waals surface area (Å²) in [5, 5.41) is 0.666. The molecule has 0 fully saturated rings. The van der Waals surface area contributed by atoms with E-state index in [1.54, 1.807) is 38.6 Å². The maximum absolute atomic E-state index is 11.8. The summed E-state index contributed by atoms with van der Waals surface area (Å²) in [5.74, 6) is -1.11. The van der Waals surface area contributed by atoms with Gasteiger partial charge in [0.25, 0.3) is 0 Å². The van der Waals surface area contributed by atoms with Gasteiger partial charge in [-0.3, -0.25) is 14.2 Å². The van der Waals surface area contributed by atoms with Crippen LogP contribution in [0.3, 0.4) is 0 Å². The average molecular weight is 426 g/mol. The van der Waals surface area contributed by atoms with Gasteiger partial charge in [-0.25, -0.2) is 9.97 Å². The normalized spacial score (nSPS) is 11.6. The molecule has 0 bridgehead atoms. The number of aromatic nitrogens is 4. The number of carbonyl (C=O) groups is 2. The van der Waals surface area contributed by atoms with Crippen LogP contribution in [-0.4, -0.2) is 57.0 Å². The smallest absolute Gasteiger partial charge is 0.308 e. The van der Waals surface area contributed by atoms with Gasteiger partial charge in [-0.05, 0) is 6.26 Å². The molecule has 29 heavy (non-hydrogen) atoms. The second-order valence-electron chi connectivity index (χ2n) is 6.96. The molecule has 0 saturated heterocycles. The number of nitrogens with two attached hydrogens (primary N) is 1. The summed E-state index contributed by atoms with van der Waals surface area (Å²) in [6.45, 7) is 6.93. The van der Waals surface area contributed by atoms with E-state index in [2.05, 4.69) is 15.0 Å². The summed E-state index contributed by atoms with van der Waals surface area (Å²) >= 11 is 1.42. The number of nitrogens with zero attached hydrogens (tertiary/aromatic N) is 4. The van der Waals surface area contributed by atoms with E-state index in [4.69, 9.17) is 19.9 Å². The first-order chi connectivity index (χ1) is 13.7. The lowest BCUT2D eigenvalue weighted by Crippen LogP contribution is -2.31. The number of hydrogen-bond donors (Lipinski definition) is 1. The highest BCUT2D eigenvalue weighted by atomic mass is 32.2. The van der Waals surface area contributed by atoms with Crippen molar-refractivity contribution in [2.45, 2.75) is 45.6 Å². The van der Waals surface area contributed by atoms with Crippen molar-refractivity contribution < 1.29 is 23.8 Å². The van der Waals surface area contributed by atoms with Gasteiger partial charge < -0.3 is 19.9 Å². The number of rotatable bonds is 10. The number of nitrogen functional groups attached to an aromatic ring is 1. The Labute approximate surface area is 173 Å². The molecule has 0 aliphatic carbocycles. The van der Waals surface area contributed by atoms with Crippen LogP contribution < -0.4 is 5.73 Å². The number of hydrogen-bond acceptors (Lipinski definition) is 10. The van der Waals surface area contributed by atoms with Crippen LogP contribution in [0.15, 0.2) is 11.4 Å². The third kappa shape index (κ3) is 6.29. The van der Waals surface area contributed by atoms with Gasteiger partial charge in [-0.1, -0.05) is 27.7 Å². The molecule has 0 amide bonds. The standard InChI is InChI=1S/C18H27N5O5S/c1-10(2)16(24)26-6-12(7-27-17(25)11(3)4)28-9-23-8-20-13-14(23)21-18(19)22-15(13)29-5/h8,10-12H,6-7,9H2,1-5H3,(H2,19,21,22). The van der Waals surface area contributed by atoms with Crippen molar-refractivity contribution in [1.82, 2.24) is 19.5 Å². The fourth-order valence-corrected chi connectivity index (χ4v) is 2.71. The molecule has 0 aromatic carbocycles. The van der Waals surface area contributed by atoms with Crippen molar-refractivity contribution in [2.24, 2.45) is 11.8 Å². The highest BCUT2D eigenvalue weighted by Crippen LogP contribution is 2.23. The fourth-order valence-electron chi connectivity index (χ4n) is 2.18. The molecule has 2 aromatic rings. The Kier molecular flexibility index (Phi) is 8.21. The van der Waals surface area contributed by atoms with Crippen molar-refractivity contribution in [3.05, 3.63) is 6.33 Å². The van der Waals surface area contributed by atoms with Crippen molar-refractivity contribution in [3.63, 3.8) is 0 Å². The van der Waals surface area contributed by atoms with Gasteiger partial charge in [-0.2, -0.15) is 4.98 Å². The summed E-state index contributed by atoms with van der Waals surface area (Å²) in [6.07, 6.45) is 2.80. The molecule has 2 N–H and O–H groups in total. The Morgan fingerprint density at radius 1 is 1.10 bits per heavy atom. The first-order valence-corrected chi connectivity index (χ1v) is 10.4. The zero-order valence-electron chi connectivity index (χ0n) is 17.2. The van der Waals surface area contributed by atoms with E-state index < -0.39 is 6.10 Å². The number of carbonyl (C=O) groups excluding carboxylic acids is 2. The summed E-state index contributed by atoms with van der Waals surface area (Å²) in [7, 11) is 0. The van der Waals surface area contributed by atoms with Gasteiger partial charge >= 0.3 is 11.9 Å². The summed E-state index contributed by atoms with van der Waals surface area (Å²) in [5.41, 5.74) is 6.91. The van der Waals surface area contributed by atoms with E-state index in [1.807, 2.05) is 6.26 Å². The van der Waals surface area contributed by atoms with Crippen LogP contribution in [0, 0.1) is 11.8 Å². The quantitative estimate of drug-likeness (QED) is 0.342. The minimum atomic E-state index is -0.642. The van der Waals surface area contributed by atoms with Gasteiger partial charge in [0.05, 0.1) is 18.2 Å². The predicted octanol–water partition coefficient (Wildman–Crippen LogP) is 1.87. The number of thioether (sulfide) groups is 1. The lowest BCUT2D eigenvalue weighted by molar-refractivity contribution is -0.161. The molecule has 0 aliphatic heterocycles. The Bertz CT molecular complexity index is 831. The second kappa shape index (κ2) is 10.4. The molecule has 0 spiro atoms. The second-order valence-corrected chi connectivity index (χ2v) is 7.76. The summed E-state index contributed by atoms with van der Waals surface area (Å²) in [4.78, 5) is 36.2. The number of imidazole rings is 1. The highest BCUT2D eigenvalue weighted by Gasteiger charge is 2.19. The van der Waals surface area contributed by atoms with E-state index in [1.165, 1.54) is 11.8 Å². The third-order valence-corrected chi connectivity index (χ3v) is 4.53. The Balaban J connectivity index is 2.09. The van der Waals surface area contributed by atoms with Crippen LogP contribution >= 0.6 is 11.8 Å². The number of fused-ring (bicyclic) bond motifs is 1. The molecule has 2 aromatic heterocycles. The van der Waals surface area contributed by atoms with Gasteiger partial charge in [0, 0.05) is 0 Å². The van der Waals surface area contributed by atoms with Gasteiger partial charge in [0.15, 0.2) is 5.65 Å². The minimum absolute atomic E-state index is 0.0395. The van der Waals surface area contributed by atoms with E-state index in [-0.39, 0.29) is 49.7 Å². The SMILES string of the molecule is CSc1nc(N)nc2c1ncn2COC(COC(=O)C(C)C)COC(=O)C(C)C. The first kappa shape index (κ1) is 22.9. The van der Waals surface area contributed by atoms with E-state index >= 15 is 0 Å². The molecule has 0 radical (unpaired) electrons. The van der Waals surface area contributed by atoms with E-state index in [9.17, 15) is 9.59 Å². The Morgan fingerprint density at radius 2 is 1.69 bits per heavy atom. The van der Waals surface area contributed by atoms with Crippen LogP contribution in [0.4, 0.5) is 5.95 Å². The Hall–Kier alpha value is -2.40. The van der Waals surface area contributed by atoms with Crippen LogP contribution in [0.25, 0.3) is 11.2 Å². The number of ether oxygens (including phenoxy) is 3. The Morgan fingerprint density at radius 3 is 2.21 bits per heavy atom. The van der Waals surface area contributed by atoms with Gasteiger partial charge in [0.2, 0.25) is 5.95 Å². The molecule has 2 rings (SSSR count). The molecule has 2 heterocycles. The zero-order valence-corrected chi connectivity index (χ0v) is 18.1. The minimum Gasteiger partial charge on any atom is -0.463 e. The average Bonchev–Trinajstić information content (AvgIpc) is 3.08. The topological polar surface area (TPSA) is 131 Å². The molecular formula is C18H27N5O5S. The molecule has 0 aliphatic rings. The van der Waals surface area contributed by atoms with Crippen LogP contribution in [-0.2, 0) is 30.5 Å². The first-order valence-electron chi connectivity index (χ1n) is 9.20. The van der Waals surface area contributed by atoms with E-state index in [0.29, 0.717) is 16.2 Å². The lowest BCUT2D eigenvalue weighted by Gasteiger charge is -2.19. The largest absolute Gasteiger partial charge is 0.463 e. The van der Waals surface area contributed by atoms with Crippen molar-refractivity contribution >= 4 is 40.8 Å². The maximum Gasteiger partial charge on any atom is 0.308 e. The van der Waals surface area contributed by atoms with Gasteiger partial charge in [0.1, 0.15) is 36.6 Å². The number of esters is 2. The lowest BCUT2D eigenvalue weighted by atomic mass is 10.2. The third-order valence-electron chi connectivity index (χ3n) is 3.86. The molecule has 0 atom stereocenters. The monoisotopic (exact) mass is 425 g/mol. The van der Waals surface area contributed by atoms with Crippen molar-refractivity contribution in [3.8, 4) is 0 Å². The van der Waals surface area contributed by atoms with Gasteiger partial charge in [-0.15, -0.1) is 11.8 Å². The van der Waals surface area contributed by atoms with E-state index in [0.717, 1.165) is 0 Å². The van der Waals surface area contributed by atoms with Crippen LogP contribution in [0.1, 0.15) is 27.7 Å². The number of anilines is 1. The molecule has 0 unspecified atom stereocenters. The zero-order chi connectivity index (χ0) is 21.6. The predicted molar refractivity (Wildman–Crippen MR) is 108 cm³/mol. The summed E-state index contributed by atoms with van der Waals surface area (Å²) in [6, 6.07) is 0. The maximum atomic E-state index is 11.8. The molecule has 10 nitrogen and oxygen atoms in total. The molecule has 160 valence electrons. The van der Waals surface area contributed by atoms with Crippen LogP contribution in [0.5, 0.6) is 0 Å². The fraction of sp³-hybridized carbons (Fsp3) is 0.611. The molecular weight excluding hydrogens is 398 g/mol. The van der Waals surface area contributed by atoms with Crippen LogP contribution in [0.2, 0.25) is 0 Å². The van der Waals surface area contributed by atoms with Crippen molar-refractivity contribution in [2.75, 3.05) is 25.2 Å². The molecule has 0 saturated carbocycles.